The average molecular weight is 211 g/mol. The first kappa shape index (κ1) is 13.0. The van der Waals surface area contributed by atoms with Crippen molar-refractivity contribution in [2.45, 2.75) is 71.8 Å². The van der Waals surface area contributed by atoms with Gasteiger partial charge < -0.3 is 5.32 Å². The van der Waals surface area contributed by atoms with E-state index in [1.54, 1.807) is 0 Å². The molecule has 1 saturated heterocycles. The summed E-state index contributed by atoms with van der Waals surface area (Å²) in [5, 5.41) is 3.78. The van der Waals surface area contributed by atoms with Crippen LogP contribution in [0, 0.1) is 11.8 Å². The van der Waals surface area contributed by atoms with Gasteiger partial charge in [-0.2, -0.15) is 0 Å². The first-order valence-corrected chi connectivity index (χ1v) is 6.79. The molecule has 0 aromatic heterocycles. The summed E-state index contributed by atoms with van der Waals surface area (Å²) < 4.78 is 0. The lowest BCUT2D eigenvalue weighted by Gasteiger charge is -2.32. The Hall–Kier alpha value is -0.0400. The van der Waals surface area contributed by atoms with Crippen molar-refractivity contribution in [3.8, 4) is 0 Å². The topological polar surface area (TPSA) is 12.0 Å². The Balaban J connectivity index is 2.36. The van der Waals surface area contributed by atoms with Crippen molar-refractivity contribution in [3.05, 3.63) is 0 Å². The van der Waals surface area contributed by atoms with Gasteiger partial charge >= 0.3 is 0 Å². The van der Waals surface area contributed by atoms with Crippen molar-refractivity contribution < 1.29 is 0 Å². The fourth-order valence-electron chi connectivity index (χ4n) is 2.99. The van der Waals surface area contributed by atoms with Gasteiger partial charge in [-0.3, -0.25) is 0 Å². The fraction of sp³-hybridized carbons (Fsp3) is 1.00. The van der Waals surface area contributed by atoms with Crippen molar-refractivity contribution in [1.82, 2.24) is 5.32 Å². The van der Waals surface area contributed by atoms with E-state index >= 15 is 0 Å². The molecule has 1 aliphatic rings. The molecule has 1 atom stereocenters. The minimum absolute atomic E-state index is 0.503. The van der Waals surface area contributed by atoms with E-state index in [1.165, 1.54) is 45.1 Å². The summed E-state index contributed by atoms with van der Waals surface area (Å²) >= 11 is 0. The average Bonchev–Trinajstić information content (AvgIpc) is 2.51. The maximum absolute atomic E-state index is 3.78. The zero-order valence-corrected chi connectivity index (χ0v) is 11.1. The predicted molar refractivity (Wildman–Crippen MR) is 68.1 cm³/mol. The maximum Gasteiger partial charge on any atom is 0.0184 e. The van der Waals surface area contributed by atoms with Gasteiger partial charge in [0, 0.05) is 5.54 Å². The number of hydrogen-bond acceptors (Lipinski definition) is 1. The van der Waals surface area contributed by atoms with E-state index in [9.17, 15) is 0 Å². The maximum atomic E-state index is 3.78. The van der Waals surface area contributed by atoms with E-state index in [2.05, 4.69) is 33.0 Å². The van der Waals surface area contributed by atoms with Gasteiger partial charge in [0.1, 0.15) is 0 Å². The predicted octanol–water partition coefficient (Wildman–Crippen LogP) is 3.98. The molecule has 0 radical (unpaired) electrons. The van der Waals surface area contributed by atoms with Gasteiger partial charge in [-0.05, 0) is 44.1 Å². The molecule has 1 nitrogen and oxygen atoms in total. The van der Waals surface area contributed by atoms with Crippen LogP contribution in [0.15, 0.2) is 0 Å². The highest BCUT2D eigenvalue weighted by Crippen LogP contribution is 2.32. The van der Waals surface area contributed by atoms with E-state index in [-0.39, 0.29) is 0 Å². The SMILES string of the molecule is CC(C)CCCC1(CC(C)C)CCCN1. The minimum atomic E-state index is 0.503. The molecule has 0 spiro atoms. The van der Waals surface area contributed by atoms with Crippen LogP contribution in [-0.2, 0) is 0 Å². The molecule has 90 valence electrons. The molecule has 1 unspecified atom stereocenters. The van der Waals surface area contributed by atoms with E-state index in [1.807, 2.05) is 0 Å². The molecule has 0 bridgehead atoms. The van der Waals surface area contributed by atoms with Gasteiger partial charge in [0.25, 0.3) is 0 Å². The third-order valence-corrected chi connectivity index (χ3v) is 3.57. The van der Waals surface area contributed by atoms with Crippen LogP contribution in [0.25, 0.3) is 0 Å². The normalized spacial score (nSPS) is 26.8. The molecule has 1 rings (SSSR count). The smallest absolute Gasteiger partial charge is 0.0184 e. The minimum Gasteiger partial charge on any atom is -0.311 e. The third-order valence-electron chi connectivity index (χ3n) is 3.57. The van der Waals surface area contributed by atoms with Gasteiger partial charge in [0.2, 0.25) is 0 Å². The van der Waals surface area contributed by atoms with Crippen LogP contribution in [0.4, 0.5) is 0 Å². The summed E-state index contributed by atoms with van der Waals surface area (Å²) in [5.74, 6) is 1.69. The van der Waals surface area contributed by atoms with E-state index in [0.29, 0.717) is 5.54 Å². The molecular weight excluding hydrogens is 182 g/mol. The van der Waals surface area contributed by atoms with Gasteiger partial charge in [0.05, 0.1) is 0 Å². The summed E-state index contributed by atoms with van der Waals surface area (Å²) in [6.45, 7) is 10.6. The second-order valence-corrected chi connectivity index (χ2v) is 6.19. The molecule has 1 heterocycles. The van der Waals surface area contributed by atoms with E-state index in [4.69, 9.17) is 0 Å². The second kappa shape index (κ2) is 5.89. The third kappa shape index (κ3) is 4.55. The highest BCUT2D eigenvalue weighted by atomic mass is 15.0. The summed E-state index contributed by atoms with van der Waals surface area (Å²) in [6.07, 6.45) is 8.34. The molecule has 1 aliphatic heterocycles. The molecule has 0 saturated carbocycles. The van der Waals surface area contributed by atoms with E-state index < -0.39 is 0 Å². The molecule has 0 aromatic carbocycles. The lowest BCUT2D eigenvalue weighted by Crippen LogP contribution is -2.40. The Kier molecular flexibility index (Phi) is 5.11. The molecule has 0 amide bonds. The van der Waals surface area contributed by atoms with Crippen LogP contribution in [0.2, 0.25) is 0 Å². The van der Waals surface area contributed by atoms with E-state index in [0.717, 1.165) is 11.8 Å². The van der Waals surface area contributed by atoms with Crippen molar-refractivity contribution in [1.29, 1.82) is 0 Å². The Morgan fingerprint density at radius 3 is 2.33 bits per heavy atom. The Morgan fingerprint density at radius 1 is 1.13 bits per heavy atom. The van der Waals surface area contributed by atoms with Crippen LogP contribution in [0.1, 0.15) is 66.2 Å². The Morgan fingerprint density at radius 2 is 1.87 bits per heavy atom. The Labute approximate surface area is 96.0 Å². The lowest BCUT2D eigenvalue weighted by atomic mass is 9.82. The quantitative estimate of drug-likeness (QED) is 0.700. The van der Waals surface area contributed by atoms with Crippen molar-refractivity contribution >= 4 is 0 Å². The monoisotopic (exact) mass is 211 g/mol. The molecule has 1 fully saturated rings. The van der Waals surface area contributed by atoms with Crippen molar-refractivity contribution in [2.24, 2.45) is 11.8 Å². The number of hydrogen-bond donors (Lipinski definition) is 1. The standard InChI is InChI=1S/C14H29N/c1-12(2)7-5-8-14(11-13(3)4)9-6-10-15-14/h12-13,15H,5-11H2,1-4H3. The summed E-state index contributed by atoms with van der Waals surface area (Å²) in [4.78, 5) is 0. The highest BCUT2D eigenvalue weighted by molar-refractivity contribution is 4.93. The zero-order chi connectivity index (χ0) is 11.3. The van der Waals surface area contributed by atoms with Crippen LogP contribution in [0.5, 0.6) is 0 Å². The summed E-state index contributed by atoms with van der Waals surface area (Å²) in [6, 6.07) is 0. The number of nitrogens with one attached hydrogen (secondary N) is 1. The molecule has 1 heteroatoms. The highest BCUT2D eigenvalue weighted by Gasteiger charge is 2.33. The summed E-state index contributed by atoms with van der Waals surface area (Å²) in [5.41, 5.74) is 0.503. The number of rotatable bonds is 6. The molecule has 0 aliphatic carbocycles. The molecule has 15 heavy (non-hydrogen) atoms. The second-order valence-electron chi connectivity index (χ2n) is 6.19. The van der Waals surface area contributed by atoms with Gasteiger partial charge in [-0.15, -0.1) is 0 Å². The van der Waals surface area contributed by atoms with Crippen molar-refractivity contribution in [2.75, 3.05) is 6.54 Å². The largest absolute Gasteiger partial charge is 0.311 e. The summed E-state index contributed by atoms with van der Waals surface area (Å²) in [7, 11) is 0. The van der Waals surface area contributed by atoms with Crippen LogP contribution in [-0.4, -0.2) is 12.1 Å². The van der Waals surface area contributed by atoms with Gasteiger partial charge in [0.15, 0.2) is 0 Å². The van der Waals surface area contributed by atoms with Gasteiger partial charge in [-0.25, -0.2) is 0 Å². The van der Waals surface area contributed by atoms with Crippen LogP contribution >= 0.6 is 0 Å². The van der Waals surface area contributed by atoms with Crippen LogP contribution in [0.3, 0.4) is 0 Å². The molecular formula is C14H29N. The van der Waals surface area contributed by atoms with Crippen molar-refractivity contribution in [3.63, 3.8) is 0 Å². The van der Waals surface area contributed by atoms with Gasteiger partial charge in [-0.1, -0.05) is 40.5 Å². The first-order valence-electron chi connectivity index (χ1n) is 6.79. The fourth-order valence-corrected chi connectivity index (χ4v) is 2.99. The Bertz CT molecular complexity index is 166. The zero-order valence-electron chi connectivity index (χ0n) is 11.1. The first-order chi connectivity index (χ1) is 7.04. The lowest BCUT2D eigenvalue weighted by molar-refractivity contribution is 0.271. The van der Waals surface area contributed by atoms with Crippen LogP contribution < -0.4 is 5.32 Å². The molecule has 0 aromatic rings. The molecule has 1 N–H and O–H groups in total.